The summed E-state index contributed by atoms with van der Waals surface area (Å²) in [7, 11) is 0. The van der Waals surface area contributed by atoms with E-state index in [2.05, 4.69) is 44.9 Å². The quantitative estimate of drug-likeness (QED) is 0.666. The lowest BCUT2D eigenvalue weighted by molar-refractivity contribution is 0.540. The molecule has 0 saturated heterocycles. The second-order valence-electron chi connectivity index (χ2n) is 4.24. The van der Waals surface area contributed by atoms with Gasteiger partial charge in [0.25, 0.3) is 0 Å². The maximum Gasteiger partial charge on any atom is 0.0692 e. The highest BCUT2D eigenvalue weighted by atomic mass is 15.4. The molecule has 0 saturated carbocycles. The van der Waals surface area contributed by atoms with Crippen LogP contribution in [0.1, 0.15) is 5.56 Å². The molecule has 0 atom stereocenters. The standard InChI is InChI=1S/C13H15N5/c1-2-13-12(3-4-15-13)9-11(1)10-14-5-7-18-8-6-16-17-18/h1-4,6,8-9,14-15H,5,7,10H2. The van der Waals surface area contributed by atoms with Gasteiger partial charge in [0.05, 0.1) is 12.7 Å². The van der Waals surface area contributed by atoms with Crippen LogP contribution in [0, 0.1) is 0 Å². The monoisotopic (exact) mass is 241 g/mol. The summed E-state index contributed by atoms with van der Waals surface area (Å²) >= 11 is 0. The first-order chi connectivity index (χ1) is 8.92. The Balaban J connectivity index is 1.53. The molecule has 5 nitrogen and oxygen atoms in total. The number of aromatic amines is 1. The van der Waals surface area contributed by atoms with Gasteiger partial charge in [-0.05, 0) is 29.1 Å². The Bertz CT molecular complexity index is 611. The lowest BCUT2D eigenvalue weighted by atomic mass is 10.1. The normalized spacial score (nSPS) is 11.1. The molecule has 0 amide bonds. The van der Waals surface area contributed by atoms with E-state index in [1.807, 2.05) is 17.1 Å². The van der Waals surface area contributed by atoms with Crippen molar-refractivity contribution in [2.75, 3.05) is 6.54 Å². The van der Waals surface area contributed by atoms with Gasteiger partial charge in [-0.15, -0.1) is 5.10 Å². The van der Waals surface area contributed by atoms with Gasteiger partial charge in [-0.2, -0.15) is 0 Å². The van der Waals surface area contributed by atoms with Crippen LogP contribution in [0.3, 0.4) is 0 Å². The molecular formula is C13H15N5. The molecule has 3 aromatic rings. The zero-order valence-electron chi connectivity index (χ0n) is 10.0. The number of aromatic nitrogens is 4. The Morgan fingerprint density at radius 3 is 3.17 bits per heavy atom. The highest BCUT2D eigenvalue weighted by Crippen LogP contribution is 2.13. The van der Waals surface area contributed by atoms with Crippen LogP contribution in [0.2, 0.25) is 0 Å². The van der Waals surface area contributed by atoms with Crippen molar-refractivity contribution in [1.29, 1.82) is 0 Å². The van der Waals surface area contributed by atoms with Gasteiger partial charge in [0.1, 0.15) is 0 Å². The van der Waals surface area contributed by atoms with Crippen LogP contribution < -0.4 is 5.32 Å². The van der Waals surface area contributed by atoms with Crippen LogP contribution in [0.5, 0.6) is 0 Å². The fourth-order valence-electron chi connectivity index (χ4n) is 1.99. The number of fused-ring (bicyclic) bond motifs is 1. The molecule has 0 fully saturated rings. The molecule has 18 heavy (non-hydrogen) atoms. The van der Waals surface area contributed by atoms with Crippen LogP contribution in [-0.2, 0) is 13.1 Å². The van der Waals surface area contributed by atoms with Crippen LogP contribution in [0.25, 0.3) is 10.9 Å². The number of hydrogen-bond acceptors (Lipinski definition) is 3. The summed E-state index contributed by atoms with van der Waals surface area (Å²) in [5.41, 5.74) is 2.47. The maximum atomic E-state index is 3.92. The van der Waals surface area contributed by atoms with Crippen LogP contribution in [0.4, 0.5) is 0 Å². The van der Waals surface area contributed by atoms with Gasteiger partial charge in [0.15, 0.2) is 0 Å². The van der Waals surface area contributed by atoms with E-state index in [4.69, 9.17) is 0 Å². The van der Waals surface area contributed by atoms with Gasteiger partial charge < -0.3 is 10.3 Å². The van der Waals surface area contributed by atoms with Gasteiger partial charge in [0.2, 0.25) is 0 Å². The lowest BCUT2D eigenvalue weighted by Gasteiger charge is -2.05. The fourth-order valence-corrected chi connectivity index (χ4v) is 1.99. The van der Waals surface area contributed by atoms with E-state index in [9.17, 15) is 0 Å². The van der Waals surface area contributed by atoms with Crippen molar-refractivity contribution in [3.05, 3.63) is 48.4 Å². The first kappa shape index (κ1) is 11.0. The number of rotatable bonds is 5. The maximum absolute atomic E-state index is 3.92. The first-order valence-corrected chi connectivity index (χ1v) is 6.03. The third-order valence-electron chi connectivity index (χ3n) is 2.94. The van der Waals surface area contributed by atoms with E-state index in [1.165, 1.54) is 16.5 Å². The topological polar surface area (TPSA) is 58.5 Å². The van der Waals surface area contributed by atoms with Gasteiger partial charge in [0, 0.05) is 31.0 Å². The summed E-state index contributed by atoms with van der Waals surface area (Å²) in [6.07, 6.45) is 5.53. The second kappa shape index (κ2) is 5.01. The van der Waals surface area contributed by atoms with Crippen LogP contribution in [0.15, 0.2) is 42.9 Å². The van der Waals surface area contributed by atoms with Crippen molar-refractivity contribution in [2.45, 2.75) is 13.1 Å². The summed E-state index contributed by atoms with van der Waals surface area (Å²) < 4.78 is 1.82. The molecule has 0 unspecified atom stereocenters. The van der Waals surface area contributed by atoms with E-state index in [0.29, 0.717) is 0 Å². The summed E-state index contributed by atoms with van der Waals surface area (Å²) in [5.74, 6) is 0. The Labute approximate surface area is 105 Å². The predicted molar refractivity (Wildman–Crippen MR) is 70.0 cm³/mol. The van der Waals surface area contributed by atoms with Gasteiger partial charge >= 0.3 is 0 Å². The lowest BCUT2D eigenvalue weighted by Crippen LogP contribution is -2.19. The zero-order valence-corrected chi connectivity index (χ0v) is 10.0. The van der Waals surface area contributed by atoms with Crippen molar-refractivity contribution in [3.63, 3.8) is 0 Å². The van der Waals surface area contributed by atoms with Gasteiger partial charge in [-0.25, -0.2) is 0 Å². The second-order valence-corrected chi connectivity index (χ2v) is 4.24. The third kappa shape index (κ3) is 2.41. The number of nitrogens with one attached hydrogen (secondary N) is 2. The van der Waals surface area contributed by atoms with Gasteiger partial charge in [-0.3, -0.25) is 4.68 Å². The SMILES string of the molecule is c1cn(CCNCc2ccc3[nH]ccc3c2)nn1. The summed E-state index contributed by atoms with van der Waals surface area (Å²) in [6.45, 7) is 2.59. The minimum absolute atomic E-state index is 0.840. The van der Waals surface area contributed by atoms with Crippen molar-refractivity contribution >= 4 is 10.9 Å². The molecule has 0 aliphatic heterocycles. The van der Waals surface area contributed by atoms with Crippen molar-refractivity contribution < 1.29 is 0 Å². The Hall–Kier alpha value is -2.14. The third-order valence-corrected chi connectivity index (χ3v) is 2.94. The minimum Gasteiger partial charge on any atom is -0.361 e. The Morgan fingerprint density at radius 1 is 1.28 bits per heavy atom. The Morgan fingerprint density at radius 2 is 2.28 bits per heavy atom. The van der Waals surface area contributed by atoms with Crippen molar-refractivity contribution in [1.82, 2.24) is 25.3 Å². The van der Waals surface area contributed by atoms with E-state index >= 15 is 0 Å². The van der Waals surface area contributed by atoms with Crippen molar-refractivity contribution in [3.8, 4) is 0 Å². The molecule has 3 rings (SSSR count). The van der Waals surface area contributed by atoms with E-state index in [-0.39, 0.29) is 0 Å². The summed E-state index contributed by atoms with van der Waals surface area (Å²) in [4.78, 5) is 3.19. The van der Waals surface area contributed by atoms with E-state index in [1.54, 1.807) is 6.20 Å². The predicted octanol–water partition coefficient (Wildman–Crippen LogP) is 1.55. The zero-order chi connectivity index (χ0) is 12.2. The molecule has 1 aromatic carbocycles. The fraction of sp³-hybridized carbons (Fsp3) is 0.231. The van der Waals surface area contributed by atoms with Crippen LogP contribution >= 0.6 is 0 Å². The smallest absolute Gasteiger partial charge is 0.0692 e. The number of hydrogen-bond donors (Lipinski definition) is 2. The number of H-pyrrole nitrogens is 1. The Kier molecular flexibility index (Phi) is 3.06. The molecule has 0 spiro atoms. The number of nitrogens with zero attached hydrogens (tertiary/aromatic N) is 3. The first-order valence-electron chi connectivity index (χ1n) is 6.03. The average Bonchev–Trinajstić information content (AvgIpc) is 3.05. The molecule has 2 heterocycles. The minimum atomic E-state index is 0.840. The average molecular weight is 241 g/mol. The highest BCUT2D eigenvalue weighted by Gasteiger charge is 1.97. The molecule has 5 heteroatoms. The van der Waals surface area contributed by atoms with Crippen molar-refractivity contribution in [2.24, 2.45) is 0 Å². The molecule has 92 valence electrons. The molecule has 2 N–H and O–H groups in total. The van der Waals surface area contributed by atoms with E-state index < -0.39 is 0 Å². The molecule has 2 aromatic heterocycles. The summed E-state index contributed by atoms with van der Waals surface area (Å²) in [6, 6.07) is 8.55. The number of benzene rings is 1. The largest absolute Gasteiger partial charge is 0.361 e. The molecule has 0 radical (unpaired) electrons. The highest BCUT2D eigenvalue weighted by molar-refractivity contribution is 5.79. The van der Waals surface area contributed by atoms with Crippen LogP contribution in [-0.4, -0.2) is 26.5 Å². The summed E-state index contributed by atoms with van der Waals surface area (Å²) in [5, 5.41) is 12.3. The van der Waals surface area contributed by atoms with E-state index in [0.717, 1.165) is 19.6 Å². The molecule has 0 aliphatic rings. The molecule has 0 bridgehead atoms. The molecule has 0 aliphatic carbocycles. The van der Waals surface area contributed by atoms with Gasteiger partial charge in [-0.1, -0.05) is 11.3 Å². The molecular weight excluding hydrogens is 226 g/mol.